The van der Waals surface area contributed by atoms with E-state index in [9.17, 15) is 19.2 Å². The largest absolute Gasteiger partial charge is 0.463 e. The Morgan fingerprint density at radius 2 is 1.39 bits per heavy atom. The van der Waals surface area contributed by atoms with E-state index < -0.39 is 54.6 Å². The number of halogens is 1. The van der Waals surface area contributed by atoms with E-state index in [1.54, 1.807) is 24.3 Å². The Hall–Kier alpha value is -2.85. The summed E-state index contributed by atoms with van der Waals surface area (Å²) >= 11 is 6.14. The average molecular weight is 459 g/mol. The van der Waals surface area contributed by atoms with Gasteiger partial charge in [-0.3, -0.25) is 19.2 Å². The number of esters is 4. The molecule has 1 saturated heterocycles. The van der Waals surface area contributed by atoms with Crippen LogP contribution in [0.3, 0.4) is 0 Å². The Morgan fingerprint density at radius 1 is 0.839 bits per heavy atom. The molecule has 31 heavy (non-hydrogen) atoms. The van der Waals surface area contributed by atoms with Crippen molar-refractivity contribution in [2.24, 2.45) is 0 Å². The first-order valence-electron chi connectivity index (χ1n) is 9.30. The van der Waals surface area contributed by atoms with Crippen LogP contribution in [0.4, 0.5) is 0 Å². The normalized spacial score (nSPS) is 25.1. The average Bonchev–Trinajstić information content (AvgIpc) is 2.65. The molecule has 0 radical (unpaired) electrons. The quantitative estimate of drug-likeness (QED) is 0.441. The molecule has 1 aliphatic rings. The summed E-state index contributed by atoms with van der Waals surface area (Å²) < 4.78 is 32.5. The Bertz CT molecular complexity index is 826. The van der Waals surface area contributed by atoms with E-state index in [0.29, 0.717) is 0 Å². The molecule has 1 aliphatic heterocycles. The number of para-hydroxylation sites is 1. The van der Waals surface area contributed by atoms with Crippen molar-refractivity contribution in [3.05, 3.63) is 29.3 Å². The molecule has 1 aromatic carbocycles. The van der Waals surface area contributed by atoms with Gasteiger partial charge in [0.05, 0.1) is 5.02 Å². The van der Waals surface area contributed by atoms with Gasteiger partial charge in [-0.2, -0.15) is 0 Å². The van der Waals surface area contributed by atoms with Crippen LogP contribution in [0.25, 0.3) is 0 Å². The second-order valence-electron chi connectivity index (χ2n) is 6.62. The first-order valence-corrected chi connectivity index (χ1v) is 9.68. The molecule has 2 rings (SSSR count). The zero-order valence-corrected chi connectivity index (χ0v) is 18.1. The van der Waals surface area contributed by atoms with Gasteiger partial charge in [-0.15, -0.1) is 0 Å². The zero-order valence-electron chi connectivity index (χ0n) is 17.4. The lowest BCUT2D eigenvalue weighted by Gasteiger charge is -2.43. The van der Waals surface area contributed by atoms with Crippen LogP contribution in [0.15, 0.2) is 24.3 Å². The van der Waals surface area contributed by atoms with E-state index in [0.717, 1.165) is 20.8 Å². The fourth-order valence-corrected chi connectivity index (χ4v) is 3.13. The Morgan fingerprint density at radius 3 is 1.94 bits per heavy atom. The second-order valence-corrected chi connectivity index (χ2v) is 7.02. The number of hydrogen-bond donors (Lipinski definition) is 0. The standard InChI is InChI=1S/C20H23ClO10/c1-10(22)26-9-16-17(27-11(2)23)18(28-12(3)24)19(29-13(4)25)20(31-16)30-15-8-6-5-7-14(15)21/h5-8,16-20H,9H2,1-4H3/t16-,17+,18+,19-,20-/m1/s1. The van der Waals surface area contributed by atoms with E-state index in [2.05, 4.69) is 0 Å². The maximum Gasteiger partial charge on any atom is 0.303 e. The molecule has 5 atom stereocenters. The molecule has 11 heteroatoms. The summed E-state index contributed by atoms with van der Waals surface area (Å²) in [4.78, 5) is 46.5. The van der Waals surface area contributed by atoms with Crippen LogP contribution >= 0.6 is 11.6 Å². The highest BCUT2D eigenvalue weighted by Gasteiger charge is 2.53. The Kier molecular flexibility index (Phi) is 8.64. The Balaban J connectivity index is 2.46. The van der Waals surface area contributed by atoms with Crippen molar-refractivity contribution in [1.29, 1.82) is 0 Å². The van der Waals surface area contributed by atoms with Crippen LogP contribution in [0, 0.1) is 0 Å². The molecule has 0 aromatic heterocycles. The highest BCUT2D eigenvalue weighted by molar-refractivity contribution is 6.32. The molecule has 0 saturated carbocycles. The summed E-state index contributed by atoms with van der Waals surface area (Å²) in [6.07, 6.45) is -6.32. The molecule has 0 spiro atoms. The van der Waals surface area contributed by atoms with E-state index in [1.165, 1.54) is 6.92 Å². The van der Waals surface area contributed by atoms with Crippen molar-refractivity contribution in [1.82, 2.24) is 0 Å². The predicted molar refractivity (Wildman–Crippen MR) is 104 cm³/mol. The van der Waals surface area contributed by atoms with Crippen LogP contribution in [0.2, 0.25) is 5.02 Å². The molecular formula is C20H23ClO10. The lowest BCUT2D eigenvalue weighted by atomic mass is 9.98. The number of ether oxygens (including phenoxy) is 6. The monoisotopic (exact) mass is 458 g/mol. The van der Waals surface area contributed by atoms with Crippen molar-refractivity contribution >= 4 is 35.5 Å². The van der Waals surface area contributed by atoms with Gasteiger partial charge in [-0.05, 0) is 12.1 Å². The molecule has 10 nitrogen and oxygen atoms in total. The number of rotatable bonds is 7. The summed E-state index contributed by atoms with van der Waals surface area (Å²) in [6.45, 7) is 4.26. The minimum atomic E-state index is -1.33. The molecule has 0 amide bonds. The second kappa shape index (κ2) is 11.0. The fraction of sp³-hybridized carbons (Fsp3) is 0.500. The number of hydrogen-bond acceptors (Lipinski definition) is 10. The minimum absolute atomic E-state index is 0.199. The molecule has 0 aliphatic carbocycles. The lowest BCUT2D eigenvalue weighted by Crippen LogP contribution is -2.63. The van der Waals surface area contributed by atoms with Gasteiger partial charge < -0.3 is 28.4 Å². The topological polar surface area (TPSA) is 124 Å². The summed E-state index contributed by atoms with van der Waals surface area (Å²) in [7, 11) is 0. The third-order valence-electron chi connectivity index (χ3n) is 4.03. The first-order chi connectivity index (χ1) is 14.6. The molecule has 1 heterocycles. The van der Waals surface area contributed by atoms with Gasteiger partial charge >= 0.3 is 23.9 Å². The number of carbonyl (C=O) groups is 4. The first kappa shape index (κ1) is 24.4. The molecule has 0 N–H and O–H groups in total. The van der Waals surface area contributed by atoms with Gasteiger partial charge in [-0.25, -0.2) is 0 Å². The Labute approximate surface area is 183 Å². The van der Waals surface area contributed by atoms with Crippen LogP contribution in [0.5, 0.6) is 5.75 Å². The van der Waals surface area contributed by atoms with Crippen LogP contribution in [-0.4, -0.2) is 61.2 Å². The van der Waals surface area contributed by atoms with Crippen molar-refractivity contribution in [3.8, 4) is 5.75 Å². The van der Waals surface area contributed by atoms with E-state index in [-0.39, 0.29) is 17.4 Å². The molecule has 0 bridgehead atoms. The third kappa shape index (κ3) is 7.11. The highest BCUT2D eigenvalue weighted by Crippen LogP contribution is 2.33. The van der Waals surface area contributed by atoms with Crippen LogP contribution in [0.1, 0.15) is 27.7 Å². The number of carbonyl (C=O) groups excluding carboxylic acids is 4. The molecule has 0 unspecified atom stereocenters. The van der Waals surface area contributed by atoms with Crippen molar-refractivity contribution < 1.29 is 47.6 Å². The smallest absolute Gasteiger partial charge is 0.303 e. The van der Waals surface area contributed by atoms with Crippen LogP contribution in [-0.2, 0) is 42.9 Å². The molecule has 1 aromatic rings. The van der Waals surface area contributed by atoms with Gasteiger partial charge in [0.15, 0.2) is 12.2 Å². The molecule has 170 valence electrons. The molecule has 1 fully saturated rings. The number of benzene rings is 1. The van der Waals surface area contributed by atoms with Crippen molar-refractivity contribution in [2.45, 2.75) is 58.4 Å². The summed E-state index contributed by atoms with van der Waals surface area (Å²) in [5.74, 6) is -2.59. The van der Waals surface area contributed by atoms with Crippen molar-refractivity contribution in [2.75, 3.05) is 6.61 Å². The third-order valence-corrected chi connectivity index (χ3v) is 4.34. The van der Waals surface area contributed by atoms with E-state index in [4.69, 9.17) is 40.0 Å². The van der Waals surface area contributed by atoms with Gasteiger partial charge in [0, 0.05) is 27.7 Å². The molecular weight excluding hydrogens is 436 g/mol. The highest BCUT2D eigenvalue weighted by atomic mass is 35.5. The van der Waals surface area contributed by atoms with Gasteiger partial charge in [-0.1, -0.05) is 23.7 Å². The lowest BCUT2D eigenvalue weighted by molar-refractivity contribution is -0.288. The van der Waals surface area contributed by atoms with Gasteiger partial charge in [0.2, 0.25) is 12.4 Å². The maximum absolute atomic E-state index is 11.8. The maximum atomic E-state index is 11.8. The van der Waals surface area contributed by atoms with Gasteiger partial charge in [0.1, 0.15) is 18.5 Å². The SMILES string of the molecule is CC(=O)OC[C@H]1O[C@@H](Oc2ccccc2Cl)[C@H](OC(C)=O)[C@@H](OC(C)=O)[C@H]1OC(C)=O. The zero-order chi connectivity index (χ0) is 23.1. The fourth-order valence-electron chi connectivity index (χ4n) is 2.95. The predicted octanol–water partition coefficient (Wildman–Crippen LogP) is 1.80. The van der Waals surface area contributed by atoms with Crippen LogP contribution < -0.4 is 4.74 Å². The van der Waals surface area contributed by atoms with E-state index in [1.807, 2.05) is 0 Å². The summed E-state index contributed by atoms with van der Waals surface area (Å²) in [5, 5.41) is 0.246. The van der Waals surface area contributed by atoms with Gasteiger partial charge in [0.25, 0.3) is 0 Å². The summed E-state index contributed by atoms with van der Waals surface area (Å²) in [6, 6.07) is 6.47. The van der Waals surface area contributed by atoms with Crippen molar-refractivity contribution in [3.63, 3.8) is 0 Å². The summed E-state index contributed by atoms with van der Waals surface area (Å²) in [5.41, 5.74) is 0. The minimum Gasteiger partial charge on any atom is -0.463 e. The van der Waals surface area contributed by atoms with E-state index >= 15 is 0 Å².